The van der Waals surface area contributed by atoms with Gasteiger partial charge in [0.25, 0.3) is 11.1 Å². The number of piperazine rings is 1. The van der Waals surface area contributed by atoms with Crippen LogP contribution in [0, 0.1) is 0 Å². The molecule has 13 heteroatoms. The Hall–Kier alpha value is -5.14. The first-order valence-corrected chi connectivity index (χ1v) is 16.5. The van der Waals surface area contributed by atoms with Gasteiger partial charge < -0.3 is 24.1 Å². The SMILES string of the molecule is CC1CN(C2COC2)CCN1c1ccc(Nc2cc(-c3ccnc(-n4ncc5c6n(cc5c4=O)CCCC6)c3C=O)cn(C)c2=O)nc1. The fourth-order valence-electron chi connectivity index (χ4n) is 7.26. The number of pyridine rings is 3. The third kappa shape index (κ3) is 5.19. The van der Waals surface area contributed by atoms with Gasteiger partial charge in [-0.15, -0.1) is 0 Å². The van der Waals surface area contributed by atoms with Crippen molar-refractivity contribution < 1.29 is 9.53 Å². The number of carbonyl (C=O) groups is 1. The van der Waals surface area contributed by atoms with E-state index in [-0.39, 0.29) is 22.5 Å². The summed E-state index contributed by atoms with van der Waals surface area (Å²) < 4.78 is 10.2. The third-order valence-electron chi connectivity index (χ3n) is 9.94. The van der Waals surface area contributed by atoms with Crippen LogP contribution in [0.3, 0.4) is 0 Å². The molecule has 3 aliphatic heterocycles. The van der Waals surface area contributed by atoms with E-state index in [1.54, 1.807) is 37.8 Å². The van der Waals surface area contributed by atoms with E-state index in [0.717, 1.165) is 75.4 Å². The molecule has 246 valence electrons. The molecule has 0 saturated carbocycles. The average Bonchev–Trinajstić information content (AvgIpc) is 3.46. The molecular formula is C35H37N9O4. The van der Waals surface area contributed by atoms with E-state index in [4.69, 9.17) is 4.74 Å². The minimum atomic E-state index is -0.330. The summed E-state index contributed by atoms with van der Waals surface area (Å²) in [5, 5.41) is 9.02. The van der Waals surface area contributed by atoms with E-state index in [1.165, 1.54) is 9.25 Å². The van der Waals surface area contributed by atoms with Gasteiger partial charge >= 0.3 is 0 Å². The number of ether oxygens (including phenoxy) is 1. The highest BCUT2D eigenvalue weighted by atomic mass is 16.5. The Balaban J connectivity index is 1.08. The molecule has 5 aromatic heterocycles. The zero-order valence-electron chi connectivity index (χ0n) is 27.0. The molecule has 2 saturated heterocycles. The summed E-state index contributed by atoms with van der Waals surface area (Å²) in [4.78, 5) is 53.4. The number of fused-ring (bicyclic) bond motifs is 3. The first-order valence-electron chi connectivity index (χ1n) is 16.5. The van der Waals surface area contributed by atoms with Crippen molar-refractivity contribution in [2.45, 2.75) is 44.8 Å². The lowest BCUT2D eigenvalue weighted by atomic mass is 10.0. The van der Waals surface area contributed by atoms with Crippen LogP contribution in [-0.2, 0) is 24.8 Å². The molecular weight excluding hydrogens is 610 g/mol. The van der Waals surface area contributed by atoms with Gasteiger partial charge in [0, 0.05) is 74.5 Å². The second kappa shape index (κ2) is 12.1. The average molecular weight is 648 g/mol. The molecule has 1 atom stereocenters. The van der Waals surface area contributed by atoms with E-state index in [9.17, 15) is 14.4 Å². The van der Waals surface area contributed by atoms with Crippen molar-refractivity contribution in [2.24, 2.45) is 7.05 Å². The van der Waals surface area contributed by atoms with Gasteiger partial charge in [-0.3, -0.25) is 19.3 Å². The molecule has 0 amide bonds. The molecule has 0 aromatic carbocycles. The molecule has 0 spiro atoms. The topological polar surface area (TPSA) is 132 Å². The standard InChI is InChI=1S/C35H37N9O4/c1-22-16-41(25-20-48-21-25)11-12-43(22)24-6-7-32(37-14-24)39-30-13-23(17-40(2)35(30)47)26-8-9-36-33(29(26)19-45)44-34(46)28-18-42-10-4-3-5-31(42)27(28)15-38-44/h6-9,13-15,17-19,22,25H,3-5,10-12,16,20-21H2,1-2H3,(H,37,39). The molecule has 8 rings (SSSR count). The number of nitrogens with zero attached hydrogens (tertiary/aromatic N) is 8. The molecule has 48 heavy (non-hydrogen) atoms. The number of anilines is 3. The fourth-order valence-corrected chi connectivity index (χ4v) is 7.26. The van der Waals surface area contributed by atoms with Crippen LogP contribution in [0.25, 0.3) is 27.7 Å². The molecule has 1 unspecified atom stereocenters. The maximum Gasteiger partial charge on any atom is 0.282 e. The molecule has 0 radical (unpaired) electrons. The van der Waals surface area contributed by atoms with Gasteiger partial charge in [0.2, 0.25) is 0 Å². The summed E-state index contributed by atoms with van der Waals surface area (Å²) in [6, 6.07) is 8.14. The molecule has 8 heterocycles. The van der Waals surface area contributed by atoms with Crippen LogP contribution in [0.5, 0.6) is 0 Å². The van der Waals surface area contributed by atoms with Crippen molar-refractivity contribution in [1.29, 1.82) is 0 Å². The highest BCUT2D eigenvalue weighted by Crippen LogP contribution is 2.29. The number of hydrogen-bond donors (Lipinski definition) is 1. The number of rotatable bonds is 7. The van der Waals surface area contributed by atoms with Gasteiger partial charge in [-0.1, -0.05) is 0 Å². The van der Waals surface area contributed by atoms with Crippen molar-refractivity contribution in [1.82, 2.24) is 33.8 Å². The van der Waals surface area contributed by atoms with Gasteiger partial charge in [-0.2, -0.15) is 9.78 Å². The molecule has 0 bridgehead atoms. The Morgan fingerprint density at radius 1 is 0.979 bits per heavy atom. The third-order valence-corrected chi connectivity index (χ3v) is 9.94. The predicted molar refractivity (Wildman–Crippen MR) is 183 cm³/mol. The van der Waals surface area contributed by atoms with E-state index < -0.39 is 0 Å². The van der Waals surface area contributed by atoms with Crippen LogP contribution in [0.15, 0.2) is 64.8 Å². The zero-order valence-corrected chi connectivity index (χ0v) is 27.0. The largest absolute Gasteiger partial charge is 0.378 e. The van der Waals surface area contributed by atoms with E-state index in [2.05, 4.69) is 41.7 Å². The lowest BCUT2D eigenvalue weighted by Crippen LogP contribution is -2.59. The van der Waals surface area contributed by atoms with Crippen molar-refractivity contribution >= 4 is 34.3 Å². The molecule has 5 aromatic rings. The highest BCUT2D eigenvalue weighted by Gasteiger charge is 2.32. The van der Waals surface area contributed by atoms with Gasteiger partial charge in [-0.25, -0.2) is 9.97 Å². The van der Waals surface area contributed by atoms with Crippen LogP contribution in [0.1, 0.15) is 35.8 Å². The maximum absolute atomic E-state index is 13.7. The Labute approximate surface area is 276 Å². The predicted octanol–water partition coefficient (Wildman–Crippen LogP) is 3.14. The van der Waals surface area contributed by atoms with Crippen molar-refractivity contribution in [3.63, 3.8) is 0 Å². The number of hydrogen-bond acceptors (Lipinski definition) is 10. The van der Waals surface area contributed by atoms with Gasteiger partial charge in [0.05, 0.1) is 48.3 Å². The number of aldehydes is 1. The summed E-state index contributed by atoms with van der Waals surface area (Å²) in [6.45, 7) is 7.59. The van der Waals surface area contributed by atoms with E-state index >= 15 is 0 Å². The molecule has 1 N–H and O–H groups in total. The van der Waals surface area contributed by atoms with Gasteiger partial charge in [-0.05, 0) is 56.0 Å². The summed E-state index contributed by atoms with van der Waals surface area (Å²) in [5.74, 6) is 0.659. The normalized spacial score (nSPS) is 18.5. The lowest BCUT2D eigenvalue weighted by Gasteiger charge is -2.46. The molecule has 13 nitrogen and oxygen atoms in total. The highest BCUT2D eigenvalue weighted by molar-refractivity contribution is 5.92. The van der Waals surface area contributed by atoms with Crippen molar-refractivity contribution in [3.8, 4) is 16.9 Å². The van der Waals surface area contributed by atoms with Crippen molar-refractivity contribution in [2.75, 3.05) is 43.1 Å². The second-order valence-corrected chi connectivity index (χ2v) is 12.9. The molecule has 0 aliphatic carbocycles. The quantitative estimate of drug-likeness (QED) is 0.263. The number of nitrogens with one attached hydrogen (secondary N) is 1. The smallest absolute Gasteiger partial charge is 0.282 e. The van der Waals surface area contributed by atoms with E-state index in [1.807, 2.05) is 24.5 Å². The van der Waals surface area contributed by atoms with E-state index in [0.29, 0.717) is 46.4 Å². The Bertz CT molecular complexity index is 2150. The van der Waals surface area contributed by atoms with Crippen LogP contribution in [0.4, 0.5) is 17.2 Å². The number of aryl methyl sites for hydroxylation is 3. The Morgan fingerprint density at radius 3 is 2.60 bits per heavy atom. The van der Waals surface area contributed by atoms with Crippen LogP contribution >= 0.6 is 0 Å². The Morgan fingerprint density at radius 2 is 1.85 bits per heavy atom. The first-order chi connectivity index (χ1) is 23.4. The zero-order chi connectivity index (χ0) is 32.9. The molecule has 2 fully saturated rings. The first kappa shape index (κ1) is 30.2. The van der Waals surface area contributed by atoms with Gasteiger partial charge in [0.15, 0.2) is 12.1 Å². The summed E-state index contributed by atoms with van der Waals surface area (Å²) in [5.41, 5.74) is 3.17. The maximum atomic E-state index is 13.7. The minimum Gasteiger partial charge on any atom is -0.378 e. The summed E-state index contributed by atoms with van der Waals surface area (Å²) in [7, 11) is 1.65. The van der Waals surface area contributed by atoms with Crippen LogP contribution < -0.4 is 21.3 Å². The summed E-state index contributed by atoms with van der Waals surface area (Å²) >= 11 is 0. The second-order valence-electron chi connectivity index (χ2n) is 12.9. The summed E-state index contributed by atoms with van der Waals surface area (Å²) in [6.07, 6.45) is 12.3. The molecule has 3 aliphatic rings. The van der Waals surface area contributed by atoms with Crippen molar-refractivity contribution in [3.05, 3.63) is 87.2 Å². The van der Waals surface area contributed by atoms with Crippen LogP contribution in [0.2, 0.25) is 0 Å². The number of aromatic nitrogens is 6. The van der Waals surface area contributed by atoms with Crippen LogP contribution in [-0.4, -0.2) is 85.0 Å². The monoisotopic (exact) mass is 647 g/mol. The van der Waals surface area contributed by atoms with Gasteiger partial charge in [0.1, 0.15) is 11.5 Å². The fraction of sp³-hybridized carbons (Fsp3) is 0.371. The Kier molecular flexibility index (Phi) is 7.64. The lowest BCUT2D eigenvalue weighted by molar-refractivity contribution is -0.0691. The minimum absolute atomic E-state index is 0.135. The number of carbonyl (C=O) groups excluding carboxylic acids is 1.